The highest BCUT2D eigenvalue weighted by molar-refractivity contribution is 8.00. The lowest BCUT2D eigenvalue weighted by Gasteiger charge is -2.15. The van der Waals surface area contributed by atoms with Crippen LogP contribution in [0.2, 0.25) is 0 Å². The molecule has 1 heterocycles. The van der Waals surface area contributed by atoms with Gasteiger partial charge in [0.05, 0.1) is 29.4 Å². The second kappa shape index (κ2) is 11.7. The number of amides is 3. The second-order valence-electron chi connectivity index (χ2n) is 8.64. The summed E-state index contributed by atoms with van der Waals surface area (Å²) in [5.41, 5.74) is 2.99. The van der Waals surface area contributed by atoms with Crippen LogP contribution in [0.4, 0.5) is 22.7 Å². The molecule has 0 bridgehead atoms. The van der Waals surface area contributed by atoms with Crippen LogP contribution in [0.25, 0.3) is 0 Å². The van der Waals surface area contributed by atoms with Gasteiger partial charge >= 0.3 is 0 Å². The Hall–Kier alpha value is -4.76. The summed E-state index contributed by atoms with van der Waals surface area (Å²) >= 11 is 1.33. The summed E-state index contributed by atoms with van der Waals surface area (Å²) in [6, 6.07) is 30.2. The minimum absolute atomic E-state index is 0.106. The maximum atomic E-state index is 13.1. The van der Waals surface area contributed by atoms with Crippen LogP contribution in [-0.4, -0.2) is 30.1 Å². The highest BCUT2D eigenvalue weighted by atomic mass is 32.2. The highest BCUT2D eigenvalue weighted by Gasteiger charge is 2.40. The SMILES string of the molecule is COc1ccc(C(=O)Nc2ccc(SC3CC(=O)N(c4ccc(N=Nc5ccccc5)cc4)C3=O)cc2)cc1. The van der Waals surface area contributed by atoms with Gasteiger partial charge in [0.1, 0.15) is 5.75 Å². The molecule has 0 radical (unpaired) electrons. The molecule has 4 aromatic rings. The van der Waals surface area contributed by atoms with Crippen molar-refractivity contribution in [2.75, 3.05) is 17.3 Å². The summed E-state index contributed by atoms with van der Waals surface area (Å²) in [7, 11) is 1.57. The predicted octanol–water partition coefficient (Wildman–Crippen LogP) is 6.79. The van der Waals surface area contributed by atoms with Crippen LogP contribution >= 0.6 is 11.8 Å². The first-order valence-electron chi connectivity index (χ1n) is 12.2. The number of nitrogens with zero attached hydrogens (tertiary/aromatic N) is 3. The molecule has 0 spiro atoms. The van der Waals surface area contributed by atoms with Crippen molar-refractivity contribution in [3.05, 3.63) is 109 Å². The van der Waals surface area contributed by atoms with Crippen LogP contribution < -0.4 is 15.0 Å². The standard InChI is InChI=1S/C30H24N4O4S/c1-38-25-15-7-20(8-16-25)29(36)31-21-11-17-26(18-12-21)39-27-19-28(35)34(30(27)37)24-13-9-23(10-14-24)33-32-22-5-3-2-4-6-22/h2-18,27H,19H2,1H3,(H,31,36). The van der Waals surface area contributed by atoms with E-state index < -0.39 is 5.25 Å². The van der Waals surface area contributed by atoms with E-state index in [1.165, 1.54) is 16.7 Å². The quantitative estimate of drug-likeness (QED) is 0.197. The van der Waals surface area contributed by atoms with Gasteiger partial charge in [-0.25, -0.2) is 4.90 Å². The number of nitrogens with one attached hydrogen (secondary N) is 1. The lowest BCUT2D eigenvalue weighted by atomic mass is 10.2. The Kier molecular flexibility index (Phi) is 7.79. The third-order valence-corrected chi connectivity index (χ3v) is 7.19. The molecule has 8 nitrogen and oxygen atoms in total. The van der Waals surface area contributed by atoms with Crippen molar-refractivity contribution in [3.8, 4) is 5.75 Å². The Morgan fingerprint density at radius 1 is 0.846 bits per heavy atom. The van der Waals surface area contributed by atoms with E-state index in [1.807, 2.05) is 42.5 Å². The molecule has 3 amide bonds. The lowest BCUT2D eigenvalue weighted by Crippen LogP contribution is -2.30. The van der Waals surface area contributed by atoms with Gasteiger partial charge < -0.3 is 10.1 Å². The smallest absolute Gasteiger partial charge is 0.255 e. The first-order chi connectivity index (χ1) is 19.0. The summed E-state index contributed by atoms with van der Waals surface area (Å²) in [6.45, 7) is 0. The fraction of sp³-hybridized carbons (Fsp3) is 0.100. The molecule has 39 heavy (non-hydrogen) atoms. The van der Waals surface area contributed by atoms with E-state index in [-0.39, 0.29) is 24.1 Å². The van der Waals surface area contributed by atoms with Crippen molar-refractivity contribution < 1.29 is 19.1 Å². The molecular formula is C30H24N4O4S. The van der Waals surface area contributed by atoms with Gasteiger partial charge in [-0.2, -0.15) is 10.2 Å². The minimum atomic E-state index is -0.533. The first-order valence-corrected chi connectivity index (χ1v) is 13.0. The molecule has 1 N–H and O–H groups in total. The molecule has 194 valence electrons. The van der Waals surface area contributed by atoms with Gasteiger partial charge in [0.2, 0.25) is 11.8 Å². The number of methoxy groups -OCH3 is 1. The Morgan fingerprint density at radius 3 is 2.13 bits per heavy atom. The zero-order valence-electron chi connectivity index (χ0n) is 21.0. The Morgan fingerprint density at radius 2 is 1.49 bits per heavy atom. The van der Waals surface area contributed by atoms with Crippen LogP contribution in [0.1, 0.15) is 16.8 Å². The molecule has 0 saturated carbocycles. The molecule has 1 saturated heterocycles. The van der Waals surface area contributed by atoms with Crippen molar-refractivity contribution in [1.82, 2.24) is 0 Å². The average molecular weight is 537 g/mol. The number of anilines is 2. The van der Waals surface area contributed by atoms with Crippen LogP contribution in [0, 0.1) is 0 Å². The van der Waals surface area contributed by atoms with E-state index in [1.54, 1.807) is 67.8 Å². The highest BCUT2D eigenvalue weighted by Crippen LogP contribution is 2.35. The number of carbonyl (C=O) groups excluding carboxylic acids is 3. The van der Waals surface area contributed by atoms with Crippen molar-refractivity contribution in [3.63, 3.8) is 0 Å². The molecule has 1 aliphatic heterocycles. The topological polar surface area (TPSA) is 100 Å². The van der Waals surface area contributed by atoms with Crippen molar-refractivity contribution in [2.24, 2.45) is 10.2 Å². The van der Waals surface area contributed by atoms with Gasteiger partial charge in [-0.15, -0.1) is 11.8 Å². The second-order valence-corrected chi connectivity index (χ2v) is 9.91. The number of benzene rings is 4. The number of thioether (sulfide) groups is 1. The van der Waals surface area contributed by atoms with E-state index >= 15 is 0 Å². The van der Waals surface area contributed by atoms with Crippen LogP contribution in [0.3, 0.4) is 0 Å². The Labute approximate surface area is 229 Å². The van der Waals surface area contributed by atoms with Gasteiger partial charge in [-0.05, 0) is 84.9 Å². The van der Waals surface area contributed by atoms with Crippen LogP contribution in [-0.2, 0) is 9.59 Å². The van der Waals surface area contributed by atoms with Crippen LogP contribution in [0.15, 0.2) is 118 Å². The lowest BCUT2D eigenvalue weighted by molar-refractivity contribution is -0.121. The average Bonchev–Trinajstić information content (AvgIpc) is 3.25. The molecule has 4 aromatic carbocycles. The Bertz CT molecular complexity index is 1510. The van der Waals surface area contributed by atoms with Crippen molar-refractivity contribution >= 4 is 52.2 Å². The molecule has 0 aliphatic carbocycles. The molecule has 1 aliphatic rings. The summed E-state index contributed by atoms with van der Waals surface area (Å²) < 4.78 is 5.12. The normalized spacial score (nSPS) is 15.1. The summed E-state index contributed by atoms with van der Waals surface area (Å²) in [5.74, 6) is -0.0772. The maximum absolute atomic E-state index is 13.1. The molecule has 0 aromatic heterocycles. The summed E-state index contributed by atoms with van der Waals surface area (Å²) in [5, 5.41) is 10.7. The van der Waals surface area contributed by atoms with Gasteiger partial charge in [0, 0.05) is 22.6 Å². The van der Waals surface area contributed by atoms with Crippen LogP contribution in [0.5, 0.6) is 5.75 Å². The molecule has 1 fully saturated rings. The fourth-order valence-corrected chi connectivity index (χ4v) is 5.03. The molecule has 5 rings (SSSR count). The fourth-order valence-electron chi connectivity index (χ4n) is 3.97. The van der Waals surface area contributed by atoms with Crippen molar-refractivity contribution in [1.29, 1.82) is 0 Å². The zero-order chi connectivity index (χ0) is 27.2. The molecular weight excluding hydrogens is 512 g/mol. The number of hydrogen-bond donors (Lipinski definition) is 1. The zero-order valence-corrected chi connectivity index (χ0v) is 21.8. The van der Waals surface area contributed by atoms with Crippen molar-refractivity contribution in [2.45, 2.75) is 16.6 Å². The monoisotopic (exact) mass is 536 g/mol. The number of hydrogen-bond acceptors (Lipinski definition) is 7. The predicted molar refractivity (Wildman–Crippen MR) is 151 cm³/mol. The van der Waals surface area contributed by atoms with Gasteiger partial charge in [0.25, 0.3) is 5.91 Å². The summed E-state index contributed by atoms with van der Waals surface area (Å²) in [4.78, 5) is 40.4. The third kappa shape index (κ3) is 6.22. The largest absolute Gasteiger partial charge is 0.497 e. The van der Waals surface area contributed by atoms with E-state index in [4.69, 9.17) is 4.74 Å². The number of rotatable bonds is 8. The maximum Gasteiger partial charge on any atom is 0.255 e. The van der Waals surface area contributed by atoms with Gasteiger partial charge in [0.15, 0.2) is 0 Å². The first kappa shape index (κ1) is 25.9. The van der Waals surface area contributed by atoms with E-state index in [2.05, 4.69) is 15.5 Å². The number of imide groups is 1. The molecule has 1 atom stereocenters. The minimum Gasteiger partial charge on any atom is -0.497 e. The number of azo groups is 1. The van der Waals surface area contributed by atoms with E-state index in [9.17, 15) is 14.4 Å². The third-order valence-electron chi connectivity index (χ3n) is 5.99. The number of carbonyl (C=O) groups is 3. The molecule has 9 heteroatoms. The Balaban J connectivity index is 1.19. The van der Waals surface area contributed by atoms with E-state index in [0.717, 1.165) is 10.6 Å². The van der Waals surface area contributed by atoms with Gasteiger partial charge in [-0.3, -0.25) is 14.4 Å². The van der Waals surface area contributed by atoms with E-state index in [0.29, 0.717) is 28.4 Å². The van der Waals surface area contributed by atoms with Gasteiger partial charge in [-0.1, -0.05) is 18.2 Å². The molecule has 1 unspecified atom stereocenters. The summed E-state index contributed by atoms with van der Waals surface area (Å²) in [6.07, 6.45) is 0.106. The number of ether oxygens (including phenoxy) is 1.